The molecule has 0 aliphatic rings. The lowest BCUT2D eigenvalue weighted by Crippen LogP contribution is -3.00. The lowest BCUT2D eigenvalue weighted by Gasteiger charge is -2.37. The van der Waals surface area contributed by atoms with Crippen molar-refractivity contribution in [3.8, 4) is 0 Å². The van der Waals surface area contributed by atoms with E-state index < -0.39 is 50.9 Å². The first-order chi connectivity index (χ1) is 21.3. The molecule has 0 saturated heterocycles. The highest BCUT2D eigenvalue weighted by molar-refractivity contribution is 9.09. The topological polar surface area (TPSA) is 82.0 Å². The van der Waals surface area contributed by atoms with Gasteiger partial charge in [0.1, 0.15) is 12.4 Å². The Hall–Kier alpha value is 0.441. The van der Waals surface area contributed by atoms with E-state index in [2.05, 4.69) is 140 Å². The third kappa shape index (κ3) is 34.2. The van der Waals surface area contributed by atoms with Gasteiger partial charge in [-0.2, -0.15) is 0 Å². The second-order valence-electron chi connectivity index (χ2n) is 15.9. The molecule has 2 rings (SSSR count). The average molecular weight is 943 g/mol. The molecule has 300 valence electrons. The van der Waals surface area contributed by atoms with Crippen molar-refractivity contribution in [3.05, 3.63) is 37.4 Å². The molecule has 0 spiro atoms. The van der Waals surface area contributed by atoms with E-state index in [9.17, 15) is 0 Å². The predicted molar refractivity (Wildman–Crippen MR) is 227 cm³/mol. The summed E-state index contributed by atoms with van der Waals surface area (Å²) >= 11 is 3.43. The maximum absolute atomic E-state index is 6.33. The molecule has 0 aliphatic heterocycles. The fourth-order valence-electron chi connectivity index (χ4n) is 4.45. The van der Waals surface area contributed by atoms with Crippen LogP contribution in [0.1, 0.15) is 40.5 Å². The van der Waals surface area contributed by atoms with E-state index in [1.165, 1.54) is 0 Å². The Bertz CT molecular complexity index is 1060. The second-order valence-corrected chi connectivity index (χ2v) is 40.9. The number of unbranched alkanes of at least 4 members (excludes halogenated alkanes) is 2. The fourth-order valence-corrected chi connectivity index (χ4v) is 25.7. The van der Waals surface area contributed by atoms with E-state index in [4.69, 9.17) is 25.3 Å². The summed E-state index contributed by atoms with van der Waals surface area (Å²) in [5, 5.41) is 1.03. The first-order valence-electron chi connectivity index (χ1n) is 16.8. The number of imidazole rings is 2. The molecule has 2 aromatic rings. The molecule has 10 nitrogen and oxygen atoms in total. The van der Waals surface area contributed by atoms with Gasteiger partial charge in [-0.15, -0.1) is 0 Å². The van der Waals surface area contributed by atoms with E-state index in [0.29, 0.717) is 6.61 Å². The maximum atomic E-state index is 6.33. The summed E-state index contributed by atoms with van der Waals surface area (Å²) < 4.78 is 43.5. The Labute approximate surface area is 334 Å². The average Bonchev–Trinajstić information content (AvgIpc) is 3.48. The quantitative estimate of drug-likeness (QED) is 0.0687. The second kappa shape index (κ2) is 26.3. The van der Waals surface area contributed by atoms with Gasteiger partial charge in [0.15, 0.2) is 33.3 Å². The highest BCUT2D eigenvalue weighted by atomic mass is 79.9. The summed E-state index contributed by atoms with van der Waals surface area (Å²) in [7, 11) is -7.66. The lowest BCUT2D eigenvalue weighted by atomic mass is 10.3. The van der Waals surface area contributed by atoms with E-state index in [1.807, 2.05) is 24.9 Å². The molecular weight excluding hydrogens is 865 g/mol. The van der Waals surface area contributed by atoms with Crippen LogP contribution in [0.5, 0.6) is 0 Å². The minimum atomic E-state index is -2.53. The van der Waals surface area contributed by atoms with Crippen LogP contribution in [0, 0.1) is 0 Å². The molecule has 0 amide bonds. The summed E-state index contributed by atoms with van der Waals surface area (Å²) in [5.74, 6) is 0. The van der Waals surface area contributed by atoms with Crippen molar-refractivity contribution >= 4 is 66.8 Å². The molecular formula is C32H78Br2N4O6Si6. The maximum Gasteiger partial charge on any atom is 0.476 e. The zero-order valence-electron chi connectivity index (χ0n) is 33.1. The van der Waals surface area contributed by atoms with Crippen molar-refractivity contribution in [3.63, 3.8) is 0 Å². The monoisotopic (exact) mass is 940 g/mol. The third-order valence-corrected chi connectivity index (χ3v) is 23.2. The van der Waals surface area contributed by atoms with Gasteiger partial charge in [0.05, 0.1) is 19.9 Å². The smallest absolute Gasteiger partial charge is 0.476 e. The fraction of sp³-hybridized carbons (Fsp3) is 0.812. The molecule has 18 heteroatoms. The molecule has 2 heterocycles. The molecule has 0 radical (unpaired) electrons. The summed E-state index contributed by atoms with van der Waals surface area (Å²) in [5.41, 5.74) is 0. The largest absolute Gasteiger partial charge is 1.00 e. The molecule has 0 atom stereocenters. The molecule has 0 unspecified atom stereocenters. The number of rotatable bonds is 19. The summed E-state index contributed by atoms with van der Waals surface area (Å²) in [6, 6.07) is 0. The van der Waals surface area contributed by atoms with Gasteiger partial charge in [0.25, 0.3) is 0 Å². The van der Waals surface area contributed by atoms with Gasteiger partial charge in [-0.1, -0.05) is 30.8 Å². The molecule has 0 saturated carbocycles. The number of alkyl halides is 1. The number of hydrogen-bond acceptors (Lipinski definition) is 7. The number of hydrogen-bond donors (Lipinski definition) is 0. The number of aryl methyl sites for hydroxylation is 3. The summed E-state index contributed by atoms with van der Waals surface area (Å²) in [6.45, 7) is 32.9. The van der Waals surface area contributed by atoms with Crippen LogP contribution in [0.3, 0.4) is 0 Å². The molecule has 2 aromatic heterocycles. The molecule has 0 fully saturated rings. The minimum Gasteiger partial charge on any atom is -1.00 e. The Balaban J connectivity index is -0.000000349. The van der Waals surface area contributed by atoms with Crippen LogP contribution in [-0.4, -0.2) is 83.5 Å². The number of halogens is 2. The van der Waals surface area contributed by atoms with E-state index in [1.54, 1.807) is 12.5 Å². The van der Waals surface area contributed by atoms with E-state index in [0.717, 1.165) is 44.2 Å². The molecule has 50 heavy (non-hydrogen) atoms. The van der Waals surface area contributed by atoms with Crippen molar-refractivity contribution in [1.29, 1.82) is 0 Å². The number of nitrogens with zero attached hydrogens (tertiary/aromatic N) is 4. The van der Waals surface area contributed by atoms with Crippen LogP contribution in [0.2, 0.25) is 91.7 Å². The summed E-state index contributed by atoms with van der Waals surface area (Å²) in [6.07, 6.45) is 15.9. The van der Waals surface area contributed by atoms with Crippen molar-refractivity contribution in [1.82, 2.24) is 14.1 Å². The van der Waals surface area contributed by atoms with Gasteiger partial charge >= 0.3 is 17.6 Å². The van der Waals surface area contributed by atoms with Crippen molar-refractivity contribution in [2.24, 2.45) is 14.1 Å². The molecule has 0 aliphatic carbocycles. The molecule has 0 bridgehead atoms. The Morgan fingerprint density at radius 2 is 1.04 bits per heavy atom. The zero-order chi connectivity index (χ0) is 36.6. The first-order valence-corrected chi connectivity index (χ1v) is 36.0. The zero-order valence-corrected chi connectivity index (χ0v) is 42.3. The molecule has 0 N–H and O–H groups in total. The standard InChI is InChI=1S/C15H35N2O3Si3.C11H29BrO3Si3.C4H6N2.2CH4.BrH/c1-16-12-13-17(15-16)11-9-10-14-18-23(8,19-21(2,3)4)20-22(5,6)7;1-16(2,3)14-18(7,15-17(4,5)6)13-11-9-8-10-12;1-6-3-2-5-4-6;;;/h12-13,15H,9-11,14H2,1-8H3;8-11H2,1-7H3;2-4H,1H3;2*1H4;1H/q+1;;;;;/p-1. The van der Waals surface area contributed by atoms with Crippen LogP contribution in [0.4, 0.5) is 0 Å². The van der Waals surface area contributed by atoms with Crippen LogP contribution < -0.4 is 21.5 Å². The van der Waals surface area contributed by atoms with Crippen molar-refractivity contribution in [2.75, 3.05) is 18.5 Å². The minimum absolute atomic E-state index is 0. The highest BCUT2D eigenvalue weighted by Crippen LogP contribution is 2.23. The lowest BCUT2D eigenvalue weighted by molar-refractivity contribution is -0.671. The van der Waals surface area contributed by atoms with Gasteiger partial charge in [0, 0.05) is 51.1 Å². The SMILES string of the molecule is C.C.C[Si](C)(C)O[Si](C)(OCCCCBr)O[Si](C)(C)C.C[n+]1ccn(CCCCO[Si](C)(O[Si](C)(C)C)O[Si](C)(C)C)c1.Cn1ccnc1.[Br-]. The van der Waals surface area contributed by atoms with Gasteiger partial charge in [0.2, 0.25) is 6.33 Å². The Morgan fingerprint density at radius 1 is 0.640 bits per heavy atom. The van der Waals surface area contributed by atoms with Crippen LogP contribution in [0.25, 0.3) is 0 Å². The van der Waals surface area contributed by atoms with E-state index >= 15 is 0 Å². The van der Waals surface area contributed by atoms with Crippen LogP contribution >= 0.6 is 15.9 Å². The normalized spacial score (nSPS) is 12.3. The van der Waals surface area contributed by atoms with Gasteiger partial charge in [-0.05, 0) is 104 Å². The van der Waals surface area contributed by atoms with Crippen molar-refractivity contribution < 1.29 is 46.9 Å². The van der Waals surface area contributed by atoms with Gasteiger partial charge in [-0.25, -0.2) is 14.1 Å². The Kier molecular flexibility index (Phi) is 30.0. The first kappa shape index (κ1) is 57.2. The van der Waals surface area contributed by atoms with E-state index in [-0.39, 0.29) is 31.8 Å². The Morgan fingerprint density at radius 3 is 1.30 bits per heavy atom. The van der Waals surface area contributed by atoms with Crippen LogP contribution in [-0.2, 0) is 46.0 Å². The molecule has 0 aromatic carbocycles. The predicted octanol–water partition coefficient (Wildman–Crippen LogP) is 6.53. The van der Waals surface area contributed by atoms with Gasteiger partial charge in [-0.3, -0.25) is 0 Å². The van der Waals surface area contributed by atoms with Crippen LogP contribution in [0.15, 0.2) is 37.4 Å². The highest BCUT2D eigenvalue weighted by Gasteiger charge is 2.44. The third-order valence-electron chi connectivity index (χ3n) is 5.49. The number of aromatic nitrogens is 4. The van der Waals surface area contributed by atoms with Gasteiger partial charge < -0.3 is 46.9 Å². The summed E-state index contributed by atoms with van der Waals surface area (Å²) in [4.78, 5) is 3.78. The van der Waals surface area contributed by atoms with Crippen molar-refractivity contribution in [2.45, 2.75) is 139 Å².